The van der Waals surface area contributed by atoms with Gasteiger partial charge in [-0.15, -0.1) is 0 Å². The summed E-state index contributed by atoms with van der Waals surface area (Å²) in [5.41, 5.74) is 7.24. The second kappa shape index (κ2) is 6.81. The molecule has 0 unspecified atom stereocenters. The van der Waals surface area contributed by atoms with Crippen LogP contribution in [0.15, 0.2) is 29.4 Å². The highest BCUT2D eigenvalue weighted by Crippen LogP contribution is 2.04. The number of benzene rings is 1. The van der Waals surface area contributed by atoms with Gasteiger partial charge in [0, 0.05) is 18.7 Å². The van der Waals surface area contributed by atoms with Crippen LogP contribution < -0.4 is 11.1 Å². The molecule has 0 saturated carbocycles. The van der Waals surface area contributed by atoms with Crippen LogP contribution >= 0.6 is 0 Å². The average molecular weight is 223 g/mol. The molecule has 0 fully saturated rings. The summed E-state index contributed by atoms with van der Waals surface area (Å²) in [7, 11) is 0. The van der Waals surface area contributed by atoms with Gasteiger partial charge in [0.25, 0.3) is 0 Å². The zero-order chi connectivity index (χ0) is 11.8. The lowest BCUT2D eigenvalue weighted by atomic mass is 10.1. The third-order valence-corrected chi connectivity index (χ3v) is 2.17. The van der Waals surface area contributed by atoms with Crippen molar-refractivity contribution < 1.29 is 10.3 Å². The zero-order valence-electron chi connectivity index (χ0n) is 9.06. The highest BCUT2D eigenvalue weighted by atomic mass is 16.4. The van der Waals surface area contributed by atoms with E-state index in [1.54, 1.807) is 6.07 Å². The van der Waals surface area contributed by atoms with Crippen molar-refractivity contribution in [3.63, 3.8) is 0 Å². The molecule has 5 nitrogen and oxygen atoms in total. The molecule has 0 aromatic heterocycles. The first-order chi connectivity index (χ1) is 7.77. The summed E-state index contributed by atoms with van der Waals surface area (Å²) in [4.78, 5) is 0. The summed E-state index contributed by atoms with van der Waals surface area (Å²) in [6, 6.07) is 7.46. The van der Waals surface area contributed by atoms with Crippen molar-refractivity contribution in [2.75, 3.05) is 13.2 Å². The number of rotatable bonds is 6. The minimum absolute atomic E-state index is 0.109. The van der Waals surface area contributed by atoms with Gasteiger partial charge in [0.15, 0.2) is 5.84 Å². The third-order valence-electron chi connectivity index (χ3n) is 2.17. The average Bonchev–Trinajstić information content (AvgIpc) is 2.34. The molecule has 0 aliphatic heterocycles. The second-order valence-electron chi connectivity index (χ2n) is 3.44. The second-order valence-corrected chi connectivity index (χ2v) is 3.44. The Morgan fingerprint density at radius 2 is 2.25 bits per heavy atom. The number of nitrogens with zero attached hydrogens (tertiary/aromatic N) is 1. The number of amidine groups is 1. The highest BCUT2D eigenvalue weighted by molar-refractivity contribution is 5.97. The van der Waals surface area contributed by atoms with Crippen molar-refractivity contribution in [1.82, 2.24) is 5.32 Å². The van der Waals surface area contributed by atoms with Gasteiger partial charge < -0.3 is 21.4 Å². The van der Waals surface area contributed by atoms with E-state index in [0.717, 1.165) is 18.5 Å². The summed E-state index contributed by atoms with van der Waals surface area (Å²) >= 11 is 0. The zero-order valence-corrected chi connectivity index (χ0v) is 9.06. The maximum Gasteiger partial charge on any atom is 0.170 e. The standard InChI is InChI=1S/C11H17N3O2/c12-11(14-16)10-4-1-3-9(7-10)8-13-5-2-6-15/h1,3-4,7,13,15-16H,2,5-6,8H2,(H2,12,14). The van der Waals surface area contributed by atoms with Gasteiger partial charge in [0.2, 0.25) is 0 Å². The van der Waals surface area contributed by atoms with Gasteiger partial charge in [0.1, 0.15) is 0 Å². The van der Waals surface area contributed by atoms with E-state index in [2.05, 4.69) is 10.5 Å². The lowest BCUT2D eigenvalue weighted by molar-refractivity contribution is 0.286. The Morgan fingerprint density at radius 3 is 2.94 bits per heavy atom. The fraction of sp³-hybridized carbons (Fsp3) is 0.364. The van der Waals surface area contributed by atoms with E-state index in [0.29, 0.717) is 12.1 Å². The van der Waals surface area contributed by atoms with E-state index in [4.69, 9.17) is 16.0 Å². The summed E-state index contributed by atoms with van der Waals surface area (Å²) in [6.45, 7) is 1.66. The topological polar surface area (TPSA) is 90.9 Å². The van der Waals surface area contributed by atoms with Gasteiger partial charge in [-0.05, 0) is 24.6 Å². The molecule has 16 heavy (non-hydrogen) atoms. The normalized spacial score (nSPS) is 11.7. The van der Waals surface area contributed by atoms with Crippen molar-refractivity contribution in [2.45, 2.75) is 13.0 Å². The van der Waals surface area contributed by atoms with Crippen LogP contribution in [-0.2, 0) is 6.54 Å². The Morgan fingerprint density at radius 1 is 1.44 bits per heavy atom. The monoisotopic (exact) mass is 223 g/mol. The van der Waals surface area contributed by atoms with Crippen LogP contribution in [0.4, 0.5) is 0 Å². The van der Waals surface area contributed by atoms with E-state index in [1.807, 2.05) is 18.2 Å². The maximum atomic E-state index is 8.61. The molecule has 0 atom stereocenters. The van der Waals surface area contributed by atoms with Crippen LogP contribution in [-0.4, -0.2) is 29.3 Å². The van der Waals surface area contributed by atoms with E-state index in [9.17, 15) is 0 Å². The molecule has 0 heterocycles. The smallest absolute Gasteiger partial charge is 0.170 e. The molecule has 0 amide bonds. The molecule has 0 radical (unpaired) electrons. The first-order valence-corrected chi connectivity index (χ1v) is 5.16. The predicted octanol–water partition coefficient (Wildman–Crippen LogP) is 0.253. The molecular formula is C11H17N3O2. The molecule has 0 spiro atoms. The van der Waals surface area contributed by atoms with E-state index >= 15 is 0 Å². The Kier molecular flexibility index (Phi) is 5.31. The van der Waals surface area contributed by atoms with E-state index in [-0.39, 0.29) is 12.4 Å². The van der Waals surface area contributed by atoms with Gasteiger partial charge >= 0.3 is 0 Å². The number of hydrogen-bond donors (Lipinski definition) is 4. The molecule has 1 aromatic carbocycles. The van der Waals surface area contributed by atoms with Crippen LogP contribution in [0.2, 0.25) is 0 Å². The lowest BCUT2D eigenvalue weighted by Gasteiger charge is -2.05. The molecular weight excluding hydrogens is 206 g/mol. The molecule has 5 heteroatoms. The minimum atomic E-state index is 0.109. The van der Waals surface area contributed by atoms with Gasteiger partial charge in [-0.25, -0.2) is 0 Å². The Hall–Kier alpha value is -1.59. The summed E-state index contributed by atoms with van der Waals surface area (Å²) < 4.78 is 0. The van der Waals surface area contributed by atoms with Crippen LogP contribution in [0.5, 0.6) is 0 Å². The molecule has 0 saturated heterocycles. The van der Waals surface area contributed by atoms with Gasteiger partial charge in [-0.1, -0.05) is 23.4 Å². The molecule has 5 N–H and O–H groups in total. The molecule has 0 bridgehead atoms. The van der Waals surface area contributed by atoms with Crippen molar-refractivity contribution in [3.8, 4) is 0 Å². The number of nitrogens with one attached hydrogen (secondary N) is 1. The fourth-order valence-electron chi connectivity index (χ4n) is 1.34. The predicted molar refractivity (Wildman–Crippen MR) is 62.4 cm³/mol. The number of oxime groups is 1. The molecule has 1 aromatic rings. The van der Waals surface area contributed by atoms with Crippen molar-refractivity contribution >= 4 is 5.84 Å². The largest absolute Gasteiger partial charge is 0.409 e. The van der Waals surface area contributed by atoms with Crippen molar-refractivity contribution in [2.24, 2.45) is 10.9 Å². The van der Waals surface area contributed by atoms with Gasteiger partial charge in [-0.2, -0.15) is 0 Å². The Balaban J connectivity index is 2.54. The lowest BCUT2D eigenvalue weighted by Crippen LogP contribution is -2.17. The minimum Gasteiger partial charge on any atom is -0.409 e. The van der Waals surface area contributed by atoms with E-state index in [1.165, 1.54) is 0 Å². The van der Waals surface area contributed by atoms with Crippen LogP contribution in [0, 0.1) is 0 Å². The summed E-state index contributed by atoms with van der Waals surface area (Å²) in [6.07, 6.45) is 0.736. The molecule has 0 aliphatic carbocycles. The van der Waals surface area contributed by atoms with Gasteiger partial charge in [-0.3, -0.25) is 0 Å². The Labute approximate surface area is 94.6 Å². The van der Waals surface area contributed by atoms with Crippen molar-refractivity contribution in [1.29, 1.82) is 0 Å². The quantitative estimate of drug-likeness (QED) is 0.183. The Bertz CT molecular complexity index is 353. The number of hydrogen-bond acceptors (Lipinski definition) is 4. The number of aliphatic hydroxyl groups is 1. The summed E-state index contributed by atoms with van der Waals surface area (Å²) in [5, 5.41) is 23.3. The fourth-order valence-corrected chi connectivity index (χ4v) is 1.34. The highest BCUT2D eigenvalue weighted by Gasteiger charge is 2.00. The number of nitrogens with two attached hydrogens (primary N) is 1. The third kappa shape index (κ3) is 3.88. The molecule has 1 rings (SSSR count). The van der Waals surface area contributed by atoms with Crippen LogP contribution in [0.3, 0.4) is 0 Å². The van der Waals surface area contributed by atoms with Crippen LogP contribution in [0.25, 0.3) is 0 Å². The van der Waals surface area contributed by atoms with E-state index < -0.39 is 0 Å². The molecule has 88 valence electrons. The first kappa shape index (κ1) is 12.5. The SMILES string of the molecule is NC(=NO)c1cccc(CNCCCO)c1. The van der Waals surface area contributed by atoms with Gasteiger partial charge in [0.05, 0.1) is 0 Å². The molecule has 0 aliphatic rings. The first-order valence-electron chi connectivity index (χ1n) is 5.16. The van der Waals surface area contributed by atoms with Crippen LogP contribution in [0.1, 0.15) is 17.5 Å². The van der Waals surface area contributed by atoms with Crippen molar-refractivity contribution in [3.05, 3.63) is 35.4 Å². The summed E-state index contributed by atoms with van der Waals surface area (Å²) in [5.74, 6) is 0.109. The number of aliphatic hydroxyl groups excluding tert-OH is 1. The maximum absolute atomic E-state index is 8.61.